The Labute approximate surface area is 153 Å². The van der Waals surface area contributed by atoms with Crippen LogP contribution in [0.25, 0.3) is 0 Å². The predicted molar refractivity (Wildman–Crippen MR) is 98.2 cm³/mol. The van der Waals surface area contributed by atoms with Crippen LogP contribution in [0.3, 0.4) is 0 Å². The highest BCUT2D eigenvalue weighted by Crippen LogP contribution is 2.41. The van der Waals surface area contributed by atoms with Gasteiger partial charge in [-0.05, 0) is 55.5 Å². The third-order valence-corrected chi connectivity index (χ3v) is 4.40. The summed E-state index contributed by atoms with van der Waals surface area (Å²) in [5.74, 6) is 1.57. The normalized spacial score (nSPS) is 14.6. The van der Waals surface area contributed by atoms with Crippen LogP contribution in [0.5, 0.6) is 11.5 Å². The maximum absolute atomic E-state index is 12.4. The van der Waals surface area contributed by atoms with Crippen molar-refractivity contribution in [3.8, 4) is 11.5 Å². The molecular formula is C20H22ClNO3. The van der Waals surface area contributed by atoms with Crippen molar-refractivity contribution in [3.05, 3.63) is 59.1 Å². The number of rotatable bonds is 8. The lowest BCUT2D eigenvalue weighted by Gasteiger charge is -2.19. The van der Waals surface area contributed by atoms with Gasteiger partial charge >= 0.3 is 0 Å². The van der Waals surface area contributed by atoms with E-state index in [4.69, 9.17) is 21.1 Å². The lowest BCUT2D eigenvalue weighted by atomic mass is 10.0. The van der Waals surface area contributed by atoms with E-state index in [0.29, 0.717) is 29.0 Å². The second kappa shape index (κ2) is 8.26. The van der Waals surface area contributed by atoms with Crippen LogP contribution in [0.4, 0.5) is 0 Å². The van der Waals surface area contributed by atoms with E-state index in [1.165, 1.54) is 0 Å². The first-order valence-corrected chi connectivity index (χ1v) is 8.94. The van der Waals surface area contributed by atoms with Gasteiger partial charge in [0.15, 0.2) is 18.1 Å². The van der Waals surface area contributed by atoms with Crippen molar-refractivity contribution in [2.45, 2.75) is 25.8 Å². The third-order valence-electron chi connectivity index (χ3n) is 4.15. The van der Waals surface area contributed by atoms with Crippen molar-refractivity contribution in [2.24, 2.45) is 5.92 Å². The van der Waals surface area contributed by atoms with E-state index in [2.05, 4.69) is 5.32 Å². The summed E-state index contributed by atoms with van der Waals surface area (Å²) < 4.78 is 11.2. The number of ether oxygens (including phenoxy) is 2. The molecule has 0 spiro atoms. The lowest BCUT2D eigenvalue weighted by molar-refractivity contribution is -0.124. The first-order valence-electron chi connectivity index (χ1n) is 8.57. The number of halogens is 1. The summed E-state index contributed by atoms with van der Waals surface area (Å²) in [6.07, 6.45) is 2.25. The number of carbonyl (C=O) groups excluding carboxylic acids is 1. The Kier molecular flexibility index (Phi) is 5.82. The molecule has 4 nitrogen and oxygen atoms in total. The number of hydrogen-bond acceptors (Lipinski definition) is 3. The Morgan fingerprint density at radius 3 is 2.36 bits per heavy atom. The van der Waals surface area contributed by atoms with Gasteiger partial charge in [-0.15, -0.1) is 0 Å². The lowest BCUT2D eigenvalue weighted by Crippen LogP contribution is -2.33. The average Bonchev–Trinajstić information content (AvgIpc) is 3.45. The third kappa shape index (κ3) is 4.89. The minimum absolute atomic E-state index is 0.00972. The molecule has 132 valence electrons. The van der Waals surface area contributed by atoms with Crippen LogP contribution in [-0.2, 0) is 4.79 Å². The molecule has 1 amide bonds. The van der Waals surface area contributed by atoms with Crippen molar-refractivity contribution in [1.29, 1.82) is 0 Å². The Hall–Kier alpha value is -2.20. The molecule has 0 radical (unpaired) electrons. The molecule has 5 heteroatoms. The van der Waals surface area contributed by atoms with Gasteiger partial charge in [-0.1, -0.05) is 35.9 Å². The quantitative estimate of drug-likeness (QED) is 0.760. The molecule has 1 aliphatic carbocycles. The molecule has 0 bridgehead atoms. The fourth-order valence-electron chi connectivity index (χ4n) is 2.78. The molecule has 0 saturated heterocycles. The molecule has 2 aromatic rings. The molecule has 1 fully saturated rings. The Morgan fingerprint density at radius 1 is 1.12 bits per heavy atom. The zero-order valence-electron chi connectivity index (χ0n) is 14.2. The number of para-hydroxylation sites is 2. The largest absolute Gasteiger partial charge is 0.490 e. The summed E-state index contributed by atoms with van der Waals surface area (Å²) in [6.45, 7) is 2.42. The maximum Gasteiger partial charge on any atom is 0.258 e. The molecule has 0 aliphatic heterocycles. The van der Waals surface area contributed by atoms with E-state index in [1.807, 2.05) is 49.4 Å². The Morgan fingerprint density at radius 2 is 1.76 bits per heavy atom. The zero-order valence-corrected chi connectivity index (χ0v) is 15.0. The van der Waals surface area contributed by atoms with Gasteiger partial charge in [-0.25, -0.2) is 0 Å². The van der Waals surface area contributed by atoms with Crippen LogP contribution in [-0.4, -0.2) is 19.1 Å². The fraction of sp³-hybridized carbons (Fsp3) is 0.350. The number of nitrogens with one attached hydrogen (secondary N) is 1. The van der Waals surface area contributed by atoms with Gasteiger partial charge in [0.1, 0.15) is 0 Å². The SMILES string of the molecule is CCOc1ccccc1OCC(=O)NC(c1ccc(Cl)cc1)C1CC1. The highest BCUT2D eigenvalue weighted by molar-refractivity contribution is 6.30. The molecule has 1 aliphatic rings. The van der Waals surface area contributed by atoms with E-state index >= 15 is 0 Å². The van der Waals surface area contributed by atoms with Crippen molar-refractivity contribution in [1.82, 2.24) is 5.32 Å². The Balaban J connectivity index is 1.60. The number of amides is 1. The monoisotopic (exact) mass is 359 g/mol. The van der Waals surface area contributed by atoms with Gasteiger partial charge in [-0.3, -0.25) is 4.79 Å². The van der Waals surface area contributed by atoms with Gasteiger partial charge in [0.2, 0.25) is 0 Å². The highest BCUT2D eigenvalue weighted by atomic mass is 35.5. The second-order valence-corrected chi connectivity index (χ2v) is 6.54. The maximum atomic E-state index is 12.4. The summed E-state index contributed by atoms with van der Waals surface area (Å²) in [6, 6.07) is 15.0. The summed E-state index contributed by atoms with van der Waals surface area (Å²) in [7, 11) is 0. The molecule has 1 atom stereocenters. The first-order chi connectivity index (χ1) is 12.2. The molecule has 2 aromatic carbocycles. The number of benzene rings is 2. The van der Waals surface area contributed by atoms with Gasteiger partial charge in [0.05, 0.1) is 12.6 Å². The smallest absolute Gasteiger partial charge is 0.258 e. The van der Waals surface area contributed by atoms with Crippen LogP contribution in [0.2, 0.25) is 5.02 Å². The molecule has 25 heavy (non-hydrogen) atoms. The van der Waals surface area contributed by atoms with E-state index in [1.54, 1.807) is 6.07 Å². The fourth-order valence-corrected chi connectivity index (χ4v) is 2.90. The van der Waals surface area contributed by atoms with E-state index in [9.17, 15) is 4.79 Å². The van der Waals surface area contributed by atoms with E-state index < -0.39 is 0 Å². The summed E-state index contributed by atoms with van der Waals surface area (Å²) in [4.78, 5) is 12.4. The van der Waals surface area contributed by atoms with Crippen LogP contribution < -0.4 is 14.8 Å². The minimum Gasteiger partial charge on any atom is -0.490 e. The van der Waals surface area contributed by atoms with Crippen molar-refractivity contribution >= 4 is 17.5 Å². The second-order valence-electron chi connectivity index (χ2n) is 6.10. The van der Waals surface area contributed by atoms with Crippen LogP contribution >= 0.6 is 11.6 Å². The summed E-state index contributed by atoms with van der Waals surface area (Å²) in [5.41, 5.74) is 1.08. The molecular weight excluding hydrogens is 338 g/mol. The number of hydrogen-bond donors (Lipinski definition) is 1. The Bertz CT molecular complexity index is 713. The van der Waals surface area contributed by atoms with Gasteiger partial charge in [0.25, 0.3) is 5.91 Å². The van der Waals surface area contributed by atoms with Crippen molar-refractivity contribution in [3.63, 3.8) is 0 Å². The topological polar surface area (TPSA) is 47.6 Å². The summed E-state index contributed by atoms with van der Waals surface area (Å²) in [5, 5.41) is 3.78. The van der Waals surface area contributed by atoms with Gasteiger partial charge < -0.3 is 14.8 Å². The van der Waals surface area contributed by atoms with Crippen molar-refractivity contribution in [2.75, 3.05) is 13.2 Å². The molecule has 0 aromatic heterocycles. The standard InChI is InChI=1S/C20H22ClNO3/c1-2-24-17-5-3-4-6-18(17)25-13-19(23)22-20(14-7-8-14)15-9-11-16(21)12-10-15/h3-6,9-12,14,20H,2,7-8,13H2,1H3,(H,22,23). The highest BCUT2D eigenvalue weighted by Gasteiger charge is 2.33. The van der Waals surface area contributed by atoms with E-state index in [-0.39, 0.29) is 18.6 Å². The molecule has 3 rings (SSSR count). The zero-order chi connectivity index (χ0) is 17.6. The van der Waals surface area contributed by atoms with Crippen LogP contribution in [0.1, 0.15) is 31.4 Å². The van der Waals surface area contributed by atoms with E-state index in [0.717, 1.165) is 18.4 Å². The average molecular weight is 360 g/mol. The van der Waals surface area contributed by atoms with Crippen LogP contribution in [0.15, 0.2) is 48.5 Å². The molecule has 1 unspecified atom stereocenters. The van der Waals surface area contributed by atoms with Gasteiger partial charge in [-0.2, -0.15) is 0 Å². The first kappa shape index (κ1) is 17.6. The van der Waals surface area contributed by atoms with Crippen LogP contribution in [0, 0.1) is 5.92 Å². The number of carbonyl (C=O) groups is 1. The molecule has 0 heterocycles. The molecule has 1 N–H and O–H groups in total. The minimum atomic E-state index is -0.141. The molecule has 1 saturated carbocycles. The van der Waals surface area contributed by atoms with Crippen molar-refractivity contribution < 1.29 is 14.3 Å². The van der Waals surface area contributed by atoms with Gasteiger partial charge in [0, 0.05) is 5.02 Å². The predicted octanol–water partition coefficient (Wildman–Crippen LogP) is 4.39. The summed E-state index contributed by atoms with van der Waals surface area (Å²) >= 11 is 5.96.